The molecule has 2 aromatic carbocycles. The summed E-state index contributed by atoms with van der Waals surface area (Å²) in [6.07, 6.45) is 0.207. The zero-order valence-corrected chi connectivity index (χ0v) is 14.7. The van der Waals surface area contributed by atoms with Crippen molar-refractivity contribution < 1.29 is 9.53 Å². The number of ether oxygens (including phenoxy) is 1. The van der Waals surface area contributed by atoms with Crippen LogP contribution in [0.5, 0.6) is 0 Å². The fourth-order valence-electron chi connectivity index (χ4n) is 2.94. The number of morpholine rings is 1. The molecule has 0 spiro atoms. The van der Waals surface area contributed by atoms with Crippen molar-refractivity contribution in [2.45, 2.75) is 12.5 Å². The Labute approximate surface area is 152 Å². The van der Waals surface area contributed by atoms with E-state index in [0.29, 0.717) is 23.9 Å². The summed E-state index contributed by atoms with van der Waals surface area (Å²) in [6.45, 7) is 2.79. The van der Waals surface area contributed by atoms with E-state index in [0.717, 1.165) is 24.3 Å². The van der Waals surface area contributed by atoms with Crippen LogP contribution in [0.3, 0.4) is 0 Å². The van der Waals surface area contributed by atoms with Gasteiger partial charge in [-0.1, -0.05) is 48.0 Å². The number of halogens is 1. The molecule has 0 aromatic heterocycles. The van der Waals surface area contributed by atoms with Crippen LogP contribution in [-0.4, -0.2) is 32.2 Å². The lowest BCUT2D eigenvalue weighted by atomic mass is 10.0. The van der Waals surface area contributed by atoms with Gasteiger partial charge < -0.3 is 20.7 Å². The van der Waals surface area contributed by atoms with Gasteiger partial charge in [0.15, 0.2) is 0 Å². The third-order valence-corrected chi connectivity index (χ3v) is 4.53. The summed E-state index contributed by atoms with van der Waals surface area (Å²) in [5, 5.41) is 3.58. The summed E-state index contributed by atoms with van der Waals surface area (Å²) >= 11 is 6.39. The Balaban J connectivity index is 1.71. The fourth-order valence-corrected chi connectivity index (χ4v) is 3.24. The van der Waals surface area contributed by atoms with Gasteiger partial charge in [-0.2, -0.15) is 0 Å². The van der Waals surface area contributed by atoms with Gasteiger partial charge >= 0.3 is 0 Å². The minimum Gasteiger partial charge on any atom is -0.378 e. The maximum absolute atomic E-state index is 12.5. The molecule has 1 saturated heterocycles. The van der Waals surface area contributed by atoms with E-state index in [2.05, 4.69) is 10.2 Å². The lowest BCUT2D eigenvalue weighted by molar-refractivity contribution is -0.116. The van der Waals surface area contributed by atoms with E-state index in [9.17, 15) is 4.79 Å². The standard InChI is InChI=1S/C19H22ClN3O2/c20-15-7-4-8-17(19(15)23-9-11-25-12-10-23)22-18(24)13-16(21)14-5-2-1-3-6-14/h1-8,16H,9-13,21H2,(H,22,24). The second kappa shape index (κ2) is 8.34. The van der Waals surface area contributed by atoms with Crippen molar-refractivity contribution in [1.29, 1.82) is 0 Å². The molecule has 132 valence electrons. The number of benzene rings is 2. The molecule has 1 aliphatic heterocycles. The number of carbonyl (C=O) groups is 1. The van der Waals surface area contributed by atoms with E-state index in [4.69, 9.17) is 22.1 Å². The highest BCUT2D eigenvalue weighted by molar-refractivity contribution is 6.34. The molecule has 0 aliphatic carbocycles. The molecule has 1 aliphatic rings. The Morgan fingerprint density at radius 2 is 1.88 bits per heavy atom. The molecule has 1 fully saturated rings. The largest absolute Gasteiger partial charge is 0.378 e. The summed E-state index contributed by atoms with van der Waals surface area (Å²) in [7, 11) is 0. The third kappa shape index (κ3) is 4.51. The summed E-state index contributed by atoms with van der Waals surface area (Å²) in [5.41, 5.74) is 8.64. The highest BCUT2D eigenvalue weighted by Crippen LogP contribution is 2.34. The third-order valence-electron chi connectivity index (χ3n) is 4.22. The first-order valence-electron chi connectivity index (χ1n) is 8.37. The molecule has 1 amide bonds. The van der Waals surface area contributed by atoms with Crippen molar-refractivity contribution in [3.63, 3.8) is 0 Å². The van der Waals surface area contributed by atoms with Crippen LogP contribution in [0.2, 0.25) is 5.02 Å². The highest BCUT2D eigenvalue weighted by atomic mass is 35.5. The van der Waals surface area contributed by atoms with E-state index in [1.807, 2.05) is 48.5 Å². The fraction of sp³-hybridized carbons (Fsp3) is 0.316. The average Bonchev–Trinajstić information content (AvgIpc) is 2.63. The Bertz CT molecular complexity index is 718. The van der Waals surface area contributed by atoms with Gasteiger partial charge in [0.1, 0.15) is 0 Å². The molecule has 0 radical (unpaired) electrons. The second-order valence-corrected chi connectivity index (χ2v) is 6.41. The molecule has 0 bridgehead atoms. The Hall–Kier alpha value is -2.08. The van der Waals surface area contributed by atoms with Crippen LogP contribution in [0.25, 0.3) is 0 Å². The minimum atomic E-state index is -0.341. The first-order chi connectivity index (χ1) is 12.1. The van der Waals surface area contributed by atoms with Gasteiger partial charge in [-0.3, -0.25) is 4.79 Å². The minimum absolute atomic E-state index is 0.131. The molecule has 0 saturated carbocycles. The van der Waals surface area contributed by atoms with E-state index in [1.54, 1.807) is 0 Å². The van der Waals surface area contributed by atoms with Crippen LogP contribution >= 0.6 is 11.6 Å². The van der Waals surface area contributed by atoms with Crippen molar-refractivity contribution >= 4 is 28.9 Å². The van der Waals surface area contributed by atoms with Crippen LogP contribution in [0, 0.1) is 0 Å². The van der Waals surface area contributed by atoms with Crippen molar-refractivity contribution in [1.82, 2.24) is 0 Å². The maximum Gasteiger partial charge on any atom is 0.226 e. The van der Waals surface area contributed by atoms with Crippen LogP contribution < -0.4 is 16.0 Å². The molecular weight excluding hydrogens is 338 g/mol. The summed E-state index contributed by atoms with van der Waals surface area (Å²) in [4.78, 5) is 14.6. The smallest absolute Gasteiger partial charge is 0.226 e. The van der Waals surface area contributed by atoms with Crippen LogP contribution in [0.4, 0.5) is 11.4 Å². The van der Waals surface area contributed by atoms with Gasteiger partial charge in [0.2, 0.25) is 5.91 Å². The molecule has 1 atom stereocenters. The van der Waals surface area contributed by atoms with Gasteiger partial charge in [0.25, 0.3) is 0 Å². The number of rotatable bonds is 5. The van der Waals surface area contributed by atoms with Crippen LogP contribution in [0.1, 0.15) is 18.0 Å². The zero-order chi connectivity index (χ0) is 17.6. The second-order valence-electron chi connectivity index (χ2n) is 6.00. The topological polar surface area (TPSA) is 67.6 Å². The Morgan fingerprint density at radius 3 is 2.60 bits per heavy atom. The predicted octanol–water partition coefficient (Wildman–Crippen LogP) is 3.21. The lowest BCUT2D eigenvalue weighted by Gasteiger charge is -2.31. The quantitative estimate of drug-likeness (QED) is 0.860. The average molecular weight is 360 g/mol. The van der Waals surface area contributed by atoms with Crippen LogP contribution in [0.15, 0.2) is 48.5 Å². The molecule has 3 rings (SSSR count). The van der Waals surface area contributed by atoms with E-state index >= 15 is 0 Å². The maximum atomic E-state index is 12.5. The van der Waals surface area contributed by atoms with E-state index in [-0.39, 0.29) is 18.4 Å². The monoisotopic (exact) mass is 359 g/mol. The summed E-state index contributed by atoms with van der Waals surface area (Å²) in [5.74, 6) is -0.131. The molecule has 2 aromatic rings. The van der Waals surface area contributed by atoms with Crippen molar-refractivity contribution in [2.24, 2.45) is 5.73 Å². The number of nitrogens with two attached hydrogens (primary N) is 1. The van der Waals surface area contributed by atoms with Crippen molar-refractivity contribution in [2.75, 3.05) is 36.5 Å². The molecule has 1 unspecified atom stereocenters. The predicted molar refractivity (Wildman–Crippen MR) is 101 cm³/mol. The number of para-hydroxylation sites is 1. The van der Waals surface area contributed by atoms with E-state index in [1.165, 1.54) is 0 Å². The normalized spacial score (nSPS) is 15.7. The van der Waals surface area contributed by atoms with Crippen molar-refractivity contribution in [3.8, 4) is 0 Å². The van der Waals surface area contributed by atoms with Gasteiger partial charge in [-0.15, -0.1) is 0 Å². The Kier molecular flexibility index (Phi) is 5.91. The SMILES string of the molecule is NC(CC(=O)Nc1cccc(Cl)c1N1CCOCC1)c1ccccc1. The molecule has 1 heterocycles. The Morgan fingerprint density at radius 1 is 1.16 bits per heavy atom. The summed E-state index contributed by atoms with van der Waals surface area (Å²) in [6, 6.07) is 14.8. The molecule has 25 heavy (non-hydrogen) atoms. The number of hydrogen-bond donors (Lipinski definition) is 2. The van der Waals surface area contributed by atoms with Crippen LogP contribution in [-0.2, 0) is 9.53 Å². The number of nitrogens with zero attached hydrogens (tertiary/aromatic N) is 1. The molecular formula is C19H22ClN3O2. The number of amides is 1. The zero-order valence-electron chi connectivity index (χ0n) is 14.0. The first-order valence-corrected chi connectivity index (χ1v) is 8.74. The highest BCUT2D eigenvalue weighted by Gasteiger charge is 2.20. The number of hydrogen-bond acceptors (Lipinski definition) is 4. The molecule has 5 nitrogen and oxygen atoms in total. The first kappa shape index (κ1) is 17.7. The van der Waals surface area contributed by atoms with Gasteiger partial charge in [0.05, 0.1) is 29.6 Å². The lowest BCUT2D eigenvalue weighted by Crippen LogP contribution is -2.37. The van der Waals surface area contributed by atoms with Gasteiger partial charge in [-0.25, -0.2) is 0 Å². The van der Waals surface area contributed by atoms with E-state index < -0.39 is 0 Å². The number of anilines is 2. The van der Waals surface area contributed by atoms with Crippen molar-refractivity contribution in [3.05, 3.63) is 59.1 Å². The molecule has 3 N–H and O–H groups in total. The van der Waals surface area contributed by atoms with Gasteiger partial charge in [0, 0.05) is 25.6 Å². The molecule has 6 heteroatoms. The summed E-state index contributed by atoms with van der Waals surface area (Å²) < 4.78 is 5.40. The number of carbonyl (C=O) groups excluding carboxylic acids is 1. The number of nitrogens with one attached hydrogen (secondary N) is 1. The van der Waals surface area contributed by atoms with Gasteiger partial charge in [-0.05, 0) is 17.7 Å².